The highest BCUT2D eigenvalue weighted by Gasteiger charge is 2.16. The van der Waals surface area contributed by atoms with Gasteiger partial charge in [-0.05, 0) is 28.8 Å². The first-order valence-electron chi connectivity index (χ1n) is 4.55. The molecule has 1 heterocycles. The summed E-state index contributed by atoms with van der Waals surface area (Å²) in [6.45, 7) is 0. The summed E-state index contributed by atoms with van der Waals surface area (Å²) in [5, 5.41) is 0. The van der Waals surface area contributed by atoms with E-state index in [9.17, 15) is 0 Å². The lowest BCUT2D eigenvalue weighted by Gasteiger charge is -2.23. The van der Waals surface area contributed by atoms with Gasteiger partial charge >= 0.3 is 0 Å². The van der Waals surface area contributed by atoms with E-state index >= 15 is 0 Å². The van der Waals surface area contributed by atoms with Crippen LogP contribution in [0.15, 0.2) is 17.1 Å². The fourth-order valence-electron chi connectivity index (χ4n) is 1.92. The third-order valence-corrected chi connectivity index (χ3v) is 3.20. The Morgan fingerprint density at radius 2 is 2.08 bits per heavy atom. The molecule has 1 saturated carbocycles. The third kappa shape index (κ3) is 1.56. The zero-order chi connectivity index (χ0) is 8.39. The van der Waals surface area contributed by atoms with E-state index in [0.717, 1.165) is 4.60 Å². The van der Waals surface area contributed by atoms with Crippen molar-refractivity contribution in [3.63, 3.8) is 0 Å². The molecule has 1 aliphatic rings. The Balaban J connectivity index is 2.13. The average Bonchev–Trinajstić information content (AvgIpc) is 2.53. The van der Waals surface area contributed by atoms with E-state index in [1.54, 1.807) is 0 Å². The molecule has 2 rings (SSSR count). The van der Waals surface area contributed by atoms with Gasteiger partial charge in [0, 0.05) is 6.04 Å². The summed E-state index contributed by atoms with van der Waals surface area (Å²) in [7, 11) is 0. The summed E-state index contributed by atoms with van der Waals surface area (Å²) in [6.07, 6.45) is 10.6. The van der Waals surface area contributed by atoms with Gasteiger partial charge in [0.1, 0.15) is 4.60 Å². The van der Waals surface area contributed by atoms with Crippen molar-refractivity contribution in [1.82, 2.24) is 9.55 Å². The van der Waals surface area contributed by atoms with Crippen LogP contribution in [0.1, 0.15) is 38.1 Å². The Labute approximate surface area is 81.1 Å². The van der Waals surface area contributed by atoms with Gasteiger partial charge in [0.05, 0.1) is 12.5 Å². The molecular weight excluding hydrogens is 216 g/mol. The molecule has 0 spiro atoms. The first kappa shape index (κ1) is 8.30. The summed E-state index contributed by atoms with van der Waals surface area (Å²) < 4.78 is 3.37. The molecule has 12 heavy (non-hydrogen) atoms. The monoisotopic (exact) mass is 228 g/mol. The van der Waals surface area contributed by atoms with Gasteiger partial charge in [-0.3, -0.25) is 0 Å². The zero-order valence-corrected chi connectivity index (χ0v) is 8.63. The van der Waals surface area contributed by atoms with Crippen LogP contribution in [0.2, 0.25) is 0 Å². The highest BCUT2D eigenvalue weighted by Crippen LogP contribution is 2.30. The Bertz CT molecular complexity index is 251. The summed E-state index contributed by atoms with van der Waals surface area (Å²) in [6, 6.07) is 0.690. The Morgan fingerprint density at radius 1 is 1.33 bits per heavy atom. The highest BCUT2D eigenvalue weighted by molar-refractivity contribution is 9.10. The van der Waals surface area contributed by atoms with E-state index in [4.69, 9.17) is 0 Å². The molecule has 0 atom stereocenters. The van der Waals surface area contributed by atoms with Gasteiger partial charge < -0.3 is 4.57 Å². The number of halogens is 1. The second-order valence-electron chi connectivity index (χ2n) is 3.42. The van der Waals surface area contributed by atoms with E-state index in [2.05, 4.69) is 25.5 Å². The lowest BCUT2D eigenvalue weighted by Crippen LogP contribution is -2.11. The Kier molecular flexibility index (Phi) is 2.49. The van der Waals surface area contributed by atoms with Crippen LogP contribution in [0.25, 0.3) is 0 Å². The predicted octanol–water partition coefficient (Wildman–Crippen LogP) is 3.15. The number of hydrogen-bond donors (Lipinski definition) is 0. The second kappa shape index (κ2) is 3.60. The molecule has 1 aromatic heterocycles. The molecule has 0 amide bonds. The normalized spacial score (nSPS) is 19.8. The number of rotatable bonds is 1. The van der Waals surface area contributed by atoms with Crippen LogP contribution in [0, 0.1) is 0 Å². The Hall–Kier alpha value is -0.310. The minimum atomic E-state index is 0.690. The molecule has 3 heteroatoms. The molecule has 0 aliphatic heterocycles. The standard InChI is InChI=1S/C9H13BrN2/c10-9-6-11-7-12(9)8-4-2-1-3-5-8/h6-8H,1-5H2. The first-order valence-corrected chi connectivity index (χ1v) is 5.34. The topological polar surface area (TPSA) is 17.8 Å². The molecule has 0 N–H and O–H groups in total. The fourth-order valence-corrected chi connectivity index (χ4v) is 2.42. The van der Waals surface area contributed by atoms with E-state index in [1.807, 2.05) is 12.5 Å². The summed E-state index contributed by atoms with van der Waals surface area (Å²) in [5.74, 6) is 0. The number of nitrogens with zero attached hydrogens (tertiary/aromatic N) is 2. The predicted molar refractivity (Wildman–Crippen MR) is 52.0 cm³/mol. The van der Waals surface area contributed by atoms with Gasteiger partial charge in [0.2, 0.25) is 0 Å². The van der Waals surface area contributed by atoms with Gasteiger partial charge in [-0.15, -0.1) is 0 Å². The lowest BCUT2D eigenvalue weighted by molar-refractivity contribution is 0.349. The minimum absolute atomic E-state index is 0.690. The van der Waals surface area contributed by atoms with Crippen LogP contribution in [-0.4, -0.2) is 9.55 Å². The quantitative estimate of drug-likeness (QED) is 0.723. The van der Waals surface area contributed by atoms with Gasteiger partial charge in [-0.2, -0.15) is 0 Å². The average molecular weight is 229 g/mol. The lowest BCUT2D eigenvalue weighted by atomic mass is 9.95. The van der Waals surface area contributed by atoms with Gasteiger partial charge in [-0.25, -0.2) is 4.98 Å². The molecule has 0 bridgehead atoms. The van der Waals surface area contributed by atoms with E-state index in [1.165, 1.54) is 32.1 Å². The van der Waals surface area contributed by atoms with Crippen molar-refractivity contribution in [3.05, 3.63) is 17.1 Å². The number of hydrogen-bond acceptors (Lipinski definition) is 1. The molecule has 1 aromatic rings. The van der Waals surface area contributed by atoms with Crippen molar-refractivity contribution < 1.29 is 0 Å². The second-order valence-corrected chi connectivity index (χ2v) is 4.23. The summed E-state index contributed by atoms with van der Waals surface area (Å²) in [5.41, 5.74) is 0. The van der Waals surface area contributed by atoms with Gasteiger partial charge in [-0.1, -0.05) is 19.3 Å². The Morgan fingerprint density at radius 3 is 2.67 bits per heavy atom. The van der Waals surface area contributed by atoms with Crippen LogP contribution in [0.4, 0.5) is 0 Å². The molecule has 0 radical (unpaired) electrons. The van der Waals surface area contributed by atoms with Crippen LogP contribution in [-0.2, 0) is 0 Å². The maximum atomic E-state index is 4.11. The van der Waals surface area contributed by atoms with Crippen molar-refractivity contribution in [2.24, 2.45) is 0 Å². The highest BCUT2D eigenvalue weighted by atomic mass is 79.9. The molecule has 0 saturated heterocycles. The smallest absolute Gasteiger partial charge is 0.105 e. The van der Waals surface area contributed by atoms with Crippen LogP contribution in [0.3, 0.4) is 0 Å². The number of aromatic nitrogens is 2. The fraction of sp³-hybridized carbons (Fsp3) is 0.667. The van der Waals surface area contributed by atoms with Crippen molar-refractivity contribution in [1.29, 1.82) is 0 Å². The molecule has 0 unspecified atom stereocenters. The number of imidazole rings is 1. The van der Waals surface area contributed by atoms with E-state index < -0.39 is 0 Å². The summed E-state index contributed by atoms with van der Waals surface area (Å²) >= 11 is 3.50. The zero-order valence-electron chi connectivity index (χ0n) is 7.04. The molecule has 1 fully saturated rings. The third-order valence-electron chi connectivity index (χ3n) is 2.59. The minimum Gasteiger partial charge on any atom is -0.322 e. The largest absolute Gasteiger partial charge is 0.322 e. The molecule has 1 aliphatic carbocycles. The summed E-state index contributed by atoms with van der Waals surface area (Å²) in [4.78, 5) is 4.11. The van der Waals surface area contributed by atoms with Crippen molar-refractivity contribution in [3.8, 4) is 0 Å². The molecule has 66 valence electrons. The van der Waals surface area contributed by atoms with Crippen molar-refractivity contribution in [2.45, 2.75) is 38.1 Å². The van der Waals surface area contributed by atoms with Crippen LogP contribution >= 0.6 is 15.9 Å². The van der Waals surface area contributed by atoms with Crippen LogP contribution in [0.5, 0.6) is 0 Å². The van der Waals surface area contributed by atoms with Crippen molar-refractivity contribution in [2.75, 3.05) is 0 Å². The van der Waals surface area contributed by atoms with E-state index in [0.29, 0.717) is 6.04 Å². The molecule has 0 aromatic carbocycles. The van der Waals surface area contributed by atoms with Gasteiger partial charge in [0.25, 0.3) is 0 Å². The molecule has 2 nitrogen and oxygen atoms in total. The van der Waals surface area contributed by atoms with Crippen LogP contribution < -0.4 is 0 Å². The van der Waals surface area contributed by atoms with Crippen molar-refractivity contribution >= 4 is 15.9 Å². The maximum absolute atomic E-state index is 4.11. The first-order chi connectivity index (χ1) is 5.88. The van der Waals surface area contributed by atoms with E-state index in [-0.39, 0.29) is 0 Å². The SMILES string of the molecule is Brc1cncn1C1CCCCC1. The molecular formula is C9H13BrN2. The van der Waals surface area contributed by atoms with Gasteiger partial charge in [0.15, 0.2) is 0 Å². The maximum Gasteiger partial charge on any atom is 0.105 e.